The Morgan fingerprint density at radius 2 is 1.75 bits per heavy atom. The average molecular weight is 783 g/mol. The number of piperidine rings is 1. The first-order valence-electron chi connectivity index (χ1n) is 19.5. The van der Waals surface area contributed by atoms with Crippen LogP contribution in [0.2, 0.25) is 0 Å². The maximum absolute atomic E-state index is 17.3. The molecule has 4 atom stereocenters. The van der Waals surface area contributed by atoms with Gasteiger partial charge in [-0.25, -0.2) is 18.6 Å². The molecule has 1 amide bonds. The van der Waals surface area contributed by atoms with Gasteiger partial charge in [-0.2, -0.15) is 9.97 Å². The number of halogens is 2. The molecule has 0 radical (unpaired) electrons. The molecule has 2 aromatic heterocycles. The maximum Gasteiger partial charge on any atom is 0.413 e. The fourth-order valence-electron chi connectivity index (χ4n) is 9.07. The number of aromatic nitrogens is 3. The Morgan fingerprint density at radius 1 is 1.02 bits per heavy atom. The summed E-state index contributed by atoms with van der Waals surface area (Å²) in [5, 5.41) is 11.5. The number of amides is 1. The molecule has 2 bridgehead atoms. The number of benzene rings is 2. The molecule has 0 spiro atoms. The molecule has 3 saturated heterocycles. The number of phenols is 1. The van der Waals surface area contributed by atoms with Crippen molar-refractivity contribution in [2.24, 2.45) is 23.2 Å². The highest BCUT2D eigenvalue weighted by Crippen LogP contribution is 2.51. The Balaban J connectivity index is 1.10. The summed E-state index contributed by atoms with van der Waals surface area (Å²) in [6, 6.07) is 4.77. The molecule has 1 N–H and O–H groups in total. The monoisotopic (exact) mass is 782 g/mol. The number of anilines is 1. The first-order valence-corrected chi connectivity index (χ1v) is 19.5. The van der Waals surface area contributed by atoms with Crippen molar-refractivity contribution in [3.05, 3.63) is 41.5 Å². The molecular formula is C42H44F2N6O7. The van der Waals surface area contributed by atoms with Crippen LogP contribution in [0, 0.1) is 47.1 Å². The second-order valence-electron chi connectivity index (χ2n) is 16.6. The third kappa shape index (κ3) is 6.77. The van der Waals surface area contributed by atoms with E-state index in [1.54, 1.807) is 18.7 Å². The highest BCUT2D eigenvalue weighted by atomic mass is 19.1. The molecule has 5 aliphatic rings. The van der Waals surface area contributed by atoms with E-state index in [0.717, 1.165) is 44.3 Å². The number of ether oxygens (including phenoxy) is 4. The van der Waals surface area contributed by atoms with Gasteiger partial charge in [-0.05, 0) is 67.5 Å². The zero-order chi connectivity index (χ0) is 39.7. The van der Waals surface area contributed by atoms with Crippen LogP contribution >= 0.6 is 0 Å². The van der Waals surface area contributed by atoms with Gasteiger partial charge in [0.25, 0.3) is 0 Å². The van der Waals surface area contributed by atoms with Gasteiger partial charge in [-0.1, -0.05) is 25.8 Å². The van der Waals surface area contributed by atoms with E-state index in [0.29, 0.717) is 43.7 Å². The lowest BCUT2D eigenvalue weighted by atomic mass is 9.95. The van der Waals surface area contributed by atoms with Gasteiger partial charge in [0, 0.05) is 49.1 Å². The second-order valence-corrected chi connectivity index (χ2v) is 16.6. The van der Waals surface area contributed by atoms with Crippen LogP contribution in [-0.4, -0.2) is 107 Å². The van der Waals surface area contributed by atoms with Gasteiger partial charge < -0.3 is 33.9 Å². The summed E-state index contributed by atoms with van der Waals surface area (Å²) in [6.07, 6.45) is 9.87. The number of rotatable bonds is 11. The molecule has 5 fully saturated rings. The van der Waals surface area contributed by atoms with Crippen LogP contribution < -0.4 is 14.4 Å². The summed E-state index contributed by atoms with van der Waals surface area (Å²) < 4.78 is 55.1. The smallest absolute Gasteiger partial charge is 0.413 e. The number of carbonyl (C=O) groups excluding carboxylic acids is 2. The number of phenolic OH excluding ortho intramolecular Hbond substituents is 1. The zero-order valence-corrected chi connectivity index (χ0v) is 32.1. The average Bonchev–Trinajstić information content (AvgIpc) is 4.08. The topological polar surface area (TPSA) is 140 Å². The molecule has 298 valence electrons. The largest absolute Gasteiger partial charge is 0.508 e. The number of pyridine rings is 1. The molecule has 2 aromatic carbocycles. The van der Waals surface area contributed by atoms with Crippen molar-refractivity contribution in [2.45, 2.75) is 58.0 Å². The lowest BCUT2D eigenvalue weighted by Gasteiger charge is -2.41. The Labute approximate surface area is 328 Å². The van der Waals surface area contributed by atoms with Crippen molar-refractivity contribution in [2.75, 3.05) is 58.1 Å². The van der Waals surface area contributed by atoms with Crippen LogP contribution in [0.1, 0.15) is 51.5 Å². The molecule has 4 aromatic rings. The van der Waals surface area contributed by atoms with E-state index in [1.165, 1.54) is 37.8 Å². The van der Waals surface area contributed by atoms with Gasteiger partial charge in [0.1, 0.15) is 34.0 Å². The van der Waals surface area contributed by atoms with Crippen LogP contribution in [0.4, 0.5) is 19.4 Å². The number of esters is 1. The molecule has 13 nitrogen and oxygen atoms in total. The summed E-state index contributed by atoms with van der Waals surface area (Å²) in [4.78, 5) is 45.5. The quantitative estimate of drug-likeness (QED) is 0.111. The fraction of sp³-hybridized carbons (Fsp3) is 0.500. The van der Waals surface area contributed by atoms with Gasteiger partial charge in [0.05, 0.1) is 37.3 Å². The lowest BCUT2D eigenvalue weighted by molar-refractivity contribution is -0.156. The molecule has 3 aliphatic heterocycles. The van der Waals surface area contributed by atoms with E-state index < -0.39 is 30.5 Å². The number of nitrogens with zero attached hydrogens (tertiary/aromatic N) is 6. The van der Waals surface area contributed by atoms with Crippen molar-refractivity contribution in [3.63, 3.8) is 0 Å². The van der Waals surface area contributed by atoms with Crippen molar-refractivity contribution in [1.29, 1.82) is 0 Å². The fourth-order valence-corrected chi connectivity index (χ4v) is 9.07. The number of terminal acetylenes is 1. The summed E-state index contributed by atoms with van der Waals surface area (Å²) >= 11 is 0. The highest BCUT2D eigenvalue weighted by molar-refractivity contribution is 6.04. The molecule has 2 aliphatic carbocycles. The summed E-state index contributed by atoms with van der Waals surface area (Å²) in [6.45, 7) is 7.05. The van der Waals surface area contributed by atoms with E-state index in [2.05, 4.69) is 20.8 Å². The summed E-state index contributed by atoms with van der Waals surface area (Å²) in [5.74, 6) is 1.73. The number of likely N-dealkylation sites (tertiary alicyclic amines) is 1. The maximum atomic E-state index is 17.3. The number of carbonyl (C=O) groups is 2. The number of hydrogen-bond donors (Lipinski definition) is 1. The molecule has 9 rings (SSSR count). The van der Waals surface area contributed by atoms with Gasteiger partial charge >= 0.3 is 18.1 Å². The van der Waals surface area contributed by atoms with Crippen molar-refractivity contribution >= 4 is 39.6 Å². The molecule has 5 heterocycles. The molecule has 2 saturated carbocycles. The molecular weight excluding hydrogens is 738 g/mol. The number of hydrogen-bond acceptors (Lipinski definition) is 12. The van der Waals surface area contributed by atoms with E-state index in [1.807, 2.05) is 4.90 Å². The van der Waals surface area contributed by atoms with Gasteiger partial charge in [0.15, 0.2) is 5.82 Å². The lowest BCUT2D eigenvalue weighted by Crippen LogP contribution is -2.56. The minimum absolute atomic E-state index is 0.00878. The van der Waals surface area contributed by atoms with Crippen LogP contribution in [0.25, 0.3) is 32.9 Å². The van der Waals surface area contributed by atoms with E-state index in [4.69, 9.17) is 30.4 Å². The van der Waals surface area contributed by atoms with Crippen LogP contribution in [0.3, 0.4) is 0 Å². The first-order chi connectivity index (χ1) is 27.5. The highest BCUT2D eigenvalue weighted by Gasteiger charge is 2.51. The summed E-state index contributed by atoms with van der Waals surface area (Å²) in [5.41, 5.74) is -0.486. The Bertz CT molecular complexity index is 2320. The number of piperazine rings is 1. The molecule has 4 unspecified atom stereocenters. The van der Waals surface area contributed by atoms with Crippen molar-refractivity contribution < 1.29 is 42.4 Å². The van der Waals surface area contributed by atoms with Crippen molar-refractivity contribution in [3.8, 4) is 41.2 Å². The van der Waals surface area contributed by atoms with E-state index >= 15 is 8.78 Å². The van der Waals surface area contributed by atoms with E-state index in [-0.39, 0.29) is 74.2 Å². The van der Waals surface area contributed by atoms with Gasteiger partial charge in [-0.3, -0.25) is 9.69 Å². The SMILES string of the molecule is C#Cc1c(F)ccc2cc(O)cc(-c3nc(OC)c4c(N5CC6CCC(C5)N6C(=O)OCOC(=O)C(C)C)nc(OCC5(CN6CC7CC7C6)CC5)nc4c3F)c12. The number of methoxy groups -OCH3 is 1. The third-order valence-corrected chi connectivity index (χ3v) is 12.3. The van der Waals surface area contributed by atoms with Gasteiger partial charge in [-0.15, -0.1) is 6.42 Å². The van der Waals surface area contributed by atoms with Crippen molar-refractivity contribution in [1.82, 2.24) is 24.8 Å². The Hall–Kier alpha value is -5.49. The first kappa shape index (κ1) is 37.1. The Kier molecular flexibility index (Phi) is 9.22. The van der Waals surface area contributed by atoms with Gasteiger partial charge in [0.2, 0.25) is 12.7 Å². The van der Waals surface area contributed by atoms with Crippen LogP contribution in [0.15, 0.2) is 24.3 Å². The molecule has 57 heavy (non-hydrogen) atoms. The number of fused-ring (bicyclic) bond motifs is 5. The predicted octanol–water partition coefficient (Wildman–Crippen LogP) is 5.88. The standard InChI is InChI=1S/C42H44F2N6O7/c1-5-29-31(43)9-6-23-13-28(51)14-30(32(23)29)35-34(44)36-33(38(45-35)54-4)37(47-40(46-36)55-20-42(10-11-42)19-48-15-24-12-25(24)16-48)49-17-26-7-8-27(18-49)50(26)41(53)57-21-56-39(52)22(2)3/h1,6,9,13-14,22,24-27,51H,7-8,10-12,15-21H2,2-4H3. The Morgan fingerprint density at radius 3 is 2.42 bits per heavy atom. The third-order valence-electron chi connectivity index (χ3n) is 12.3. The van der Waals surface area contributed by atoms with E-state index in [9.17, 15) is 14.7 Å². The predicted molar refractivity (Wildman–Crippen MR) is 205 cm³/mol. The normalized spacial score (nSPS) is 23.1. The second kappa shape index (κ2) is 14.2. The minimum atomic E-state index is -0.864. The molecule has 15 heteroatoms. The number of aromatic hydroxyl groups is 1. The van der Waals surface area contributed by atoms with Crippen LogP contribution in [-0.2, 0) is 14.3 Å². The summed E-state index contributed by atoms with van der Waals surface area (Å²) in [7, 11) is 1.40. The van der Waals surface area contributed by atoms with Crippen LogP contribution in [0.5, 0.6) is 17.6 Å². The minimum Gasteiger partial charge on any atom is -0.508 e. The zero-order valence-electron chi connectivity index (χ0n) is 32.1.